The average molecular weight is 1030 g/mol. The standard InChI is InChI=1S/C27H46N4O6.C27H44N4O5/c1-26(2,3)37-25(36)30-18-14-12-10-8-6-7-9-11-13-17(21(32)22(28)33)29-23(34)20-19-16(27(19,4)5)15-31(20)24(18)35;1-26(2,3)36-25(35)30-19-14-12-10-8-6-7-9-11-13-18(20(32)15-28)29-23(33)22-21-17(27(21,4)5)16-31(22)24(19)34/h16-21,32H,6-15H2,1-5H3,(H2,28,33)(H,29,34)(H,30,36);17-22,32H,6-14,16H2,1-5H3,(H,29,33)(H,30,35)/t16-,17-,18-,19-,20-,21?;17-,18-,19-,20?,21-,22-/m00/s1. The molecular weight excluding hydrogens is 937 g/mol. The predicted octanol–water partition coefficient (Wildman–Crippen LogP) is 5.47. The molecule has 8 N–H and O–H groups in total. The number of hydrogen-bond donors (Lipinski definition) is 7. The molecule has 6 aliphatic rings. The van der Waals surface area contributed by atoms with E-state index in [1.807, 2.05) is 6.07 Å². The number of ether oxygens (including phenoxy) is 2. The Morgan fingerprint density at radius 2 is 0.945 bits per heavy atom. The number of nitrogens with two attached hydrogens (primary N) is 1. The van der Waals surface area contributed by atoms with Crippen molar-refractivity contribution < 1.29 is 53.2 Å². The van der Waals surface area contributed by atoms with Gasteiger partial charge in [0.1, 0.15) is 35.4 Å². The molecule has 6 rings (SSSR count). The second-order valence-corrected chi connectivity index (χ2v) is 24.9. The zero-order valence-corrected chi connectivity index (χ0v) is 45.6. The number of alkyl carbamates (subject to hydrolysis) is 2. The summed E-state index contributed by atoms with van der Waals surface area (Å²) < 4.78 is 10.8. The van der Waals surface area contributed by atoms with Gasteiger partial charge in [0.15, 0.2) is 12.2 Å². The normalized spacial score (nSPS) is 32.2. The van der Waals surface area contributed by atoms with E-state index in [1.54, 1.807) is 51.3 Å². The van der Waals surface area contributed by atoms with Gasteiger partial charge >= 0.3 is 12.2 Å². The molecule has 4 saturated heterocycles. The van der Waals surface area contributed by atoms with Gasteiger partial charge in [-0.3, -0.25) is 24.0 Å². The Morgan fingerprint density at radius 1 is 0.616 bits per heavy atom. The van der Waals surface area contributed by atoms with E-state index in [9.17, 15) is 49.0 Å². The first-order chi connectivity index (χ1) is 34.1. The molecule has 0 spiro atoms. The maximum atomic E-state index is 13.8. The fraction of sp³-hybridized carbons (Fsp3) is 0.852. The molecule has 0 bridgehead atoms. The van der Waals surface area contributed by atoms with E-state index in [0.29, 0.717) is 38.8 Å². The first-order valence-corrected chi connectivity index (χ1v) is 27.4. The Labute approximate surface area is 433 Å². The van der Waals surface area contributed by atoms with E-state index in [1.165, 1.54) is 0 Å². The van der Waals surface area contributed by atoms with E-state index in [2.05, 4.69) is 49.0 Å². The van der Waals surface area contributed by atoms with Gasteiger partial charge in [-0.1, -0.05) is 118 Å². The van der Waals surface area contributed by atoms with Crippen LogP contribution in [0.4, 0.5) is 9.59 Å². The lowest BCUT2D eigenvalue weighted by Crippen LogP contribution is -2.59. The topological polar surface area (TPSA) is 283 Å². The molecule has 4 aliphatic heterocycles. The van der Waals surface area contributed by atoms with Crippen LogP contribution in [0.2, 0.25) is 0 Å². The minimum absolute atomic E-state index is 0.00221. The Kier molecular flexibility index (Phi) is 20.1. The molecule has 19 heteroatoms. The number of aliphatic hydroxyl groups excluding tert-OH is 2. The molecule has 4 heterocycles. The van der Waals surface area contributed by atoms with Crippen LogP contribution in [0.3, 0.4) is 0 Å². The van der Waals surface area contributed by atoms with Gasteiger partial charge in [0.25, 0.3) is 0 Å². The minimum Gasteiger partial charge on any atom is -0.444 e. The lowest BCUT2D eigenvalue weighted by molar-refractivity contribution is -0.143. The van der Waals surface area contributed by atoms with Crippen LogP contribution < -0.4 is 27.0 Å². The summed E-state index contributed by atoms with van der Waals surface area (Å²) in [4.78, 5) is 94.9. The van der Waals surface area contributed by atoms with Crippen LogP contribution in [0.1, 0.15) is 185 Å². The van der Waals surface area contributed by atoms with Gasteiger partial charge < -0.3 is 56.5 Å². The van der Waals surface area contributed by atoms with Gasteiger partial charge in [-0.2, -0.15) is 5.26 Å². The number of fused-ring (bicyclic) bond motifs is 6. The second-order valence-electron chi connectivity index (χ2n) is 24.9. The van der Waals surface area contributed by atoms with Crippen molar-refractivity contribution in [2.45, 2.75) is 244 Å². The Balaban J connectivity index is 0.000000271. The molecule has 2 saturated carbocycles. The largest absolute Gasteiger partial charge is 0.444 e. The Bertz CT molecular complexity index is 2010. The molecule has 2 aliphatic carbocycles. The van der Waals surface area contributed by atoms with Crippen LogP contribution in [0.5, 0.6) is 0 Å². The fourth-order valence-electron chi connectivity index (χ4n) is 12.1. The predicted molar refractivity (Wildman–Crippen MR) is 273 cm³/mol. The number of carbonyl (C=O) groups excluding carboxylic acids is 7. The maximum absolute atomic E-state index is 13.8. The lowest BCUT2D eigenvalue weighted by Gasteiger charge is -2.34. The lowest BCUT2D eigenvalue weighted by atomic mass is 9.96. The first-order valence-electron chi connectivity index (χ1n) is 27.4. The third-order valence-electron chi connectivity index (χ3n) is 16.4. The van der Waals surface area contributed by atoms with Gasteiger partial charge in [-0.05, 0) is 102 Å². The second kappa shape index (κ2) is 24.8. The molecule has 19 nitrogen and oxygen atoms in total. The maximum Gasteiger partial charge on any atom is 0.408 e. The van der Waals surface area contributed by atoms with Crippen LogP contribution in [0, 0.1) is 45.8 Å². The van der Waals surface area contributed by atoms with Crippen molar-refractivity contribution in [3.63, 3.8) is 0 Å². The number of carbonyl (C=O) groups is 7. The van der Waals surface area contributed by atoms with Gasteiger partial charge in [0.05, 0.1) is 18.2 Å². The molecule has 0 aromatic heterocycles. The summed E-state index contributed by atoms with van der Waals surface area (Å²) in [5, 5.41) is 41.3. The number of hydrogen-bond acceptors (Lipinski definition) is 12. The smallest absolute Gasteiger partial charge is 0.408 e. The van der Waals surface area contributed by atoms with Crippen LogP contribution in [-0.2, 0) is 33.4 Å². The summed E-state index contributed by atoms with van der Waals surface area (Å²) in [6.45, 7) is 19.9. The van der Waals surface area contributed by atoms with Crippen LogP contribution >= 0.6 is 0 Å². The molecule has 412 valence electrons. The molecule has 2 unspecified atom stereocenters. The molecule has 0 radical (unpaired) electrons. The number of nitrogens with one attached hydrogen (secondary N) is 4. The van der Waals surface area contributed by atoms with Crippen molar-refractivity contribution in [1.29, 1.82) is 5.26 Å². The van der Waals surface area contributed by atoms with Crippen molar-refractivity contribution >= 4 is 41.7 Å². The highest BCUT2D eigenvalue weighted by atomic mass is 16.6. The van der Waals surface area contributed by atoms with Gasteiger partial charge in [0, 0.05) is 13.1 Å². The SMILES string of the molecule is CC(C)(C)OC(=O)N[C@H]1CCCCCCCCC[C@@H](C(O)C#N)NC(=O)[C@@H]2[C@@H]3[C@H](CN2C1=O)C3(C)C.CC(C)(C)OC(=O)N[C@H]1CCCCCCCCC[C@@H](C(O)C(N)=O)NC(=O)[C@@H]2[C@@H]3[C@H](CN2C1=O)C3(C)C. The molecule has 73 heavy (non-hydrogen) atoms. The van der Waals surface area contributed by atoms with Crippen molar-refractivity contribution in [2.75, 3.05) is 13.1 Å². The van der Waals surface area contributed by atoms with Crippen molar-refractivity contribution in [3.8, 4) is 6.07 Å². The monoisotopic (exact) mass is 1030 g/mol. The third kappa shape index (κ3) is 15.7. The average Bonchev–Trinajstić information content (AvgIpc) is 3.74. The summed E-state index contributed by atoms with van der Waals surface area (Å²) in [7, 11) is 0. The molecule has 12 atom stereocenters. The first kappa shape index (κ1) is 59.2. The summed E-state index contributed by atoms with van der Waals surface area (Å²) in [5.41, 5.74) is 3.80. The summed E-state index contributed by atoms with van der Waals surface area (Å²) >= 11 is 0. The van der Waals surface area contributed by atoms with E-state index >= 15 is 0 Å². The molecular formula is C54H90N8O11. The number of amides is 7. The van der Waals surface area contributed by atoms with Gasteiger partial charge in [-0.15, -0.1) is 0 Å². The number of aliphatic hydroxyl groups is 2. The van der Waals surface area contributed by atoms with Crippen LogP contribution in [0.15, 0.2) is 0 Å². The number of piperidine rings is 2. The number of rotatable bonds is 5. The highest BCUT2D eigenvalue weighted by Gasteiger charge is 2.71. The number of nitrogens with zero attached hydrogens (tertiary/aromatic N) is 3. The van der Waals surface area contributed by atoms with E-state index in [-0.39, 0.29) is 58.1 Å². The highest BCUT2D eigenvalue weighted by molar-refractivity contribution is 5.94. The van der Waals surface area contributed by atoms with Crippen molar-refractivity contribution in [3.05, 3.63) is 0 Å². The van der Waals surface area contributed by atoms with E-state index in [0.717, 1.165) is 89.9 Å². The van der Waals surface area contributed by atoms with Crippen LogP contribution in [-0.4, -0.2) is 134 Å². The van der Waals surface area contributed by atoms with Gasteiger partial charge in [0.2, 0.25) is 29.5 Å². The minimum atomic E-state index is -1.50. The molecule has 6 fully saturated rings. The summed E-state index contributed by atoms with van der Waals surface area (Å²) in [5.74, 6) is -1.85. The molecule has 0 aromatic rings. The molecule has 7 amide bonds. The quantitative estimate of drug-likeness (QED) is 0.169. The zero-order valence-electron chi connectivity index (χ0n) is 45.6. The van der Waals surface area contributed by atoms with E-state index in [4.69, 9.17) is 15.2 Å². The Morgan fingerprint density at radius 3 is 1.29 bits per heavy atom. The fourth-order valence-corrected chi connectivity index (χ4v) is 12.1. The van der Waals surface area contributed by atoms with Crippen molar-refractivity contribution in [1.82, 2.24) is 31.1 Å². The number of primary amides is 1. The summed E-state index contributed by atoms with van der Waals surface area (Å²) in [6, 6.07) is -2.64. The van der Waals surface area contributed by atoms with E-state index < -0.39 is 77.8 Å². The van der Waals surface area contributed by atoms with Crippen molar-refractivity contribution in [2.24, 2.45) is 40.2 Å². The third-order valence-corrected chi connectivity index (χ3v) is 16.4. The zero-order chi connectivity index (χ0) is 54.2. The number of nitriles is 1. The molecule has 0 aromatic carbocycles. The highest BCUT2D eigenvalue weighted by Crippen LogP contribution is 2.66. The van der Waals surface area contributed by atoms with Crippen LogP contribution in [0.25, 0.3) is 0 Å². The summed E-state index contributed by atoms with van der Waals surface area (Å²) in [6.07, 6.45) is 10.9. The van der Waals surface area contributed by atoms with Gasteiger partial charge in [-0.25, -0.2) is 9.59 Å². The Hall–Kier alpha value is -4.70.